The predicted octanol–water partition coefficient (Wildman–Crippen LogP) is 4.46. The molecule has 0 saturated heterocycles. The van der Waals surface area contributed by atoms with E-state index >= 15 is 0 Å². The van der Waals surface area contributed by atoms with Crippen molar-refractivity contribution in [3.63, 3.8) is 0 Å². The molecule has 1 heterocycles. The van der Waals surface area contributed by atoms with Crippen molar-refractivity contribution in [1.82, 2.24) is 9.88 Å². The van der Waals surface area contributed by atoms with Crippen LogP contribution >= 0.6 is 0 Å². The largest absolute Gasteiger partial charge is 0.493 e. The van der Waals surface area contributed by atoms with Crippen LogP contribution in [0.25, 0.3) is 0 Å². The lowest BCUT2D eigenvalue weighted by Crippen LogP contribution is -2.38. The molecule has 0 atom stereocenters. The second-order valence-corrected chi connectivity index (χ2v) is 7.26. The van der Waals surface area contributed by atoms with Crippen molar-refractivity contribution in [3.8, 4) is 11.5 Å². The maximum absolute atomic E-state index is 13.2. The lowest BCUT2D eigenvalue weighted by Gasteiger charge is -2.29. The molecule has 1 aliphatic carbocycles. The summed E-state index contributed by atoms with van der Waals surface area (Å²) in [6.45, 7) is 4.53. The Hall–Kier alpha value is -2.56. The SMILES string of the molecule is COc1ccc(CN(C(=O)c2cccnc2)C2CCCC2)cc1OC(C)C. The third kappa shape index (κ3) is 4.79. The third-order valence-electron chi connectivity index (χ3n) is 4.88. The molecule has 2 aromatic rings. The zero-order chi connectivity index (χ0) is 19.2. The van der Waals surface area contributed by atoms with Gasteiger partial charge in [-0.1, -0.05) is 18.9 Å². The van der Waals surface area contributed by atoms with Gasteiger partial charge in [0.25, 0.3) is 5.91 Å². The maximum atomic E-state index is 13.2. The lowest BCUT2D eigenvalue weighted by molar-refractivity contribution is 0.0663. The molecule has 0 bridgehead atoms. The first-order valence-electron chi connectivity index (χ1n) is 9.63. The molecule has 144 valence electrons. The van der Waals surface area contributed by atoms with E-state index in [1.165, 1.54) is 12.8 Å². The summed E-state index contributed by atoms with van der Waals surface area (Å²) in [5.41, 5.74) is 1.67. The first-order valence-corrected chi connectivity index (χ1v) is 9.63. The van der Waals surface area contributed by atoms with Gasteiger partial charge < -0.3 is 14.4 Å². The zero-order valence-electron chi connectivity index (χ0n) is 16.4. The van der Waals surface area contributed by atoms with Gasteiger partial charge in [0.15, 0.2) is 11.5 Å². The van der Waals surface area contributed by atoms with E-state index in [2.05, 4.69) is 4.98 Å². The number of methoxy groups -OCH3 is 1. The van der Waals surface area contributed by atoms with Gasteiger partial charge in [0.05, 0.1) is 18.8 Å². The summed E-state index contributed by atoms with van der Waals surface area (Å²) >= 11 is 0. The Morgan fingerprint density at radius 2 is 2.00 bits per heavy atom. The van der Waals surface area contributed by atoms with Crippen LogP contribution in [0.1, 0.15) is 55.5 Å². The molecule has 5 heteroatoms. The molecule has 0 N–H and O–H groups in total. The molecule has 5 nitrogen and oxygen atoms in total. The molecule has 1 amide bonds. The van der Waals surface area contributed by atoms with Crippen LogP contribution in [0.5, 0.6) is 11.5 Å². The molecule has 0 radical (unpaired) electrons. The topological polar surface area (TPSA) is 51.7 Å². The van der Waals surface area contributed by atoms with Crippen LogP contribution in [0.4, 0.5) is 0 Å². The van der Waals surface area contributed by atoms with Gasteiger partial charge in [0.1, 0.15) is 0 Å². The maximum Gasteiger partial charge on any atom is 0.255 e. The number of hydrogen-bond donors (Lipinski definition) is 0. The molecule has 1 saturated carbocycles. The highest BCUT2D eigenvalue weighted by Gasteiger charge is 2.28. The van der Waals surface area contributed by atoms with Gasteiger partial charge in [-0.2, -0.15) is 0 Å². The Kier molecular flexibility index (Phi) is 6.32. The molecule has 1 fully saturated rings. The fourth-order valence-corrected chi connectivity index (χ4v) is 3.60. The molecule has 3 rings (SSSR count). The molecule has 0 unspecified atom stereocenters. The van der Waals surface area contributed by atoms with E-state index < -0.39 is 0 Å². The van der Waals surface area contributed by atoms with Gasteiger partial charge in [0, 0.05) is 25.0 Å². The van der Waals surface area contributed by atoms with Gasteiger partial charge >= 0.3 is 0 Å². The number of benzene rings is 1. The van der Waals surface area contributed by atoms with Crippen molar-refractivity contribution in [1.29, 1.82) is 0 Å². The van der Waals surface area contributed by atoms with Crippen molar-refractivity contribution in [2.45, 2.75) is 58.2 Å². The van der Waals surface area contributed by atoms with Crippen LogP contribution in [0.15, 0.2) is 42.7 Å². The molecular weight excluding hydrogens is 340 g/mol. The second kappa shape index (κ2) is 8.89. The second-order valence-electron chi connectivity index (χ2n) is 7.26. The van der Waals surface area contributed by atoms with E-state index in [9.17, 15) is 4.79 Å². The first kappa shape index (κ1) is 19.2. The van der Waals surface area contributed by atoms with Crippen LogP contribution in [0.2, 0.25) is 0 Å². The van der Waals surface area contributed by atoms with E-state index in [-0.39, 0.29) is 18.1 Å². The van der Waals surface area contributed by atoms with E-state index in [1.807, 2.05) is 49.1 Å². The van der Waals surface area contributed by atoms with Crippen molar-refractivity contribution in [2.75, 3.05) is 7.11 Å². The Balaban J connectivity index is 1.86. The number of aromatic nitrogens is 1. The van der Waals surface area contributed by atoms with Gasteiger partial charge in [-0.25, -0.2) is 0 Å². The van der Waals surface area contributed by atoms with Gasteiger partial charge in [-0.15, -0.1) is 0 Å². The van der Waals surface area contributed by atoms with Crippen molar-refractivity contribution < 1.29 is 14.3 Å². The van der Waals surface area contributed by atoms with E-state index in [0.717, 1.165) is 18.4 Å². The number of rotatable bonds is 7. The molecule has 0 spiro atoms. The number of nitrogens with zero attached hydrogens (tertiary/aromatic N) is 2. The molecular formula is C22H28N2O3. The summed E-state index contributed by atoms with van der Waals surface area (Å²) in [6, 6.07) is 9.81. The Morgan fingerprint density at radius 3 is 2.63 bits per heavy atom. The number of ether oxygens (including phenoxy) is 2. The first-order chi connectivity index (χ1) is 13.1. The Bertz CT molecular complexity index is 755. The van der Waals surface area contributed by atoms with Crippen LogP contribution < -0.4 is 9.47 Å². The highest BCUT2D eigenvalue weighted by molar-refractivity contribution is 5.94. The summed E-state index contributed by atoms with van der Waals surface area (Å²) < 4.78 is 11.3. The number of carbonyl (C=O) groups is 1. The van der Waals surface area contributed by atoms with Crippen molar-refractivity contribution in [2.24, 2.45) is 0 Å². The van der Waals surface area contributed by atoms with Crippen LogP contribution in [-0.2, 0) is 6.54 Å². The zero-order valence-corrected chi connectivity index (χ0v) is 16.4. The number of carbonyl (C=O) groups excluding carboxylic acids is 1. The monoisotopic (exact) mass is 368 g/mol. The van der Waals surface area contributed by atoms with Gasteiger partial charge in [0.2, 0.25) is 0 Å². The molecule has 1 aliphatic rings. The molecule has 0 aliphatic heterocycles. The average Bonchev–Trinajstić information content (AvgIpc) is 3.20. The smallest absolute Gasteiger partial charge is 0.255 e. The lowest BCUT2D eigenvalue weighted by atomic mass is 10.1. The Labute approximate surface area is 161 Å². The fraction of sp³-hybridized carbons (Fsp3) is 0.455. The summed E-state index contributed by atoms with van der Waals surface area (Å²) in [5.74, 6) is 1.46. The van der Waals surface area contributed by atoms with Gasteiger partial charge in [-0.3, -0.25) is 9.78 Å². The fourth-order valence-electron chi connectivity index (χ4n) is 3.60. The Morgan fingerprint density at radius 1 is 1.22 bits per heavy atom. The average molecular weight is 368 g/mol. The van der Waals surface area contributed by atoms with E-state index in [0.29, 0.717) is 23.6 Å². The van der Waals surface area contributed by atoms with Crippen molar-refractivity contribution in [3.05, 3.63) is 53.9 Å². The highest BCUT2D eigenvalue weighted by atomic mass is 16.5. The normalized spacial score (nSPS) is 14.4. The minimum absolute atomic E-state index is 0.0390. The van der Waals surface area contributed by atoms with E-state index in [1.54, 1.807) is 19.5 Å². The molecule has 1 aromatic carbocycles. The summed E-state index contributed by atoms with van der Waals surface area (Å²) in [6.07, 6.45) is 7.84. The van der Waals surface area contributed by atoms with Gasteiger partial charge in [-0.05, 0) is 56.5 Å². The minimum Gasteiger partial charge on any atom is -0.493 e. The molecule has 27 heavy (non-hydrogen) atoms. The highest BCUT2D eigenvalue weighted by Crippen LogP contribution is 2.31. The third-order valence-corrected chi connectivity index (χ3v) is 4.88. The molecule has 1 aromatic heterocycles. The summed E-state index contributed by atoms with van der Waals surface area (Å²) in [4.78, 5) is 19.3. The quantitative estimate of drug-likeness (QED) is 0.724. The predicted molar refractivity (Wildman–Crippen MR) is 105 cm³/mol. The van der Waals surface area contributed by atoms with E-state index in [4.69, 9.17) is 9.47 Å². The standard InChI is InChI=1S/C22H28N2O3/c1-16(2)27-21-13-17(10-11-20(21)26-3)15-24(19-8-4-5-9-19)22(25)18-7-6-12-23-14-18/h6-7,10-14,16,19H,4-5,8-9,15H2,1-3H3. The number of hydrogen-bond acceptors (Lipinski definition) is 4. The number of pyridine rings is 1. The van der Waals surface area contributed by atoms with Crippen molar-refractivity contribution >= 4 is 5.91 Å². The summed E-state index contributed by atoms with van der Waals surface area (Å²) in [7, 11) is 1.64. The van der Waals surface area contributed by atoms with Crippen LogP contribution in [-0.4, -0.2) is 35.0 Å². The van der Waals surface area contributed by atoms with Crippen LogP contribution in [0.3, 0.4) is 0 Å². The summed E-state index contributed by atoms with van der Waals surface area (Å²) in [5, 5.41) is 0. The van der Waals surface area contributed by atoms with Crippen LogP contribution in [0, 0.1) is 0 Å². The minimum atomic E-state index is 0.0390. The number of amides is 1.